The van der Waals surface area contributed by atoms with Gasteiger partial charge in [-0.1, -0.05) is 30.3 Å². The molecule has 0 unspecified atom stereocenters. The van der Waals surface area contributed by atoms with E-state index in [0.29, 0.717) is 17.9 Å². The zero-order chi connectivity index (χ0) is 20.1. The number of hydrazone groups is 1. The van der Waals surface area contributed by atoms with Crippen molar-refractivity contribution >= 4 is 12.1 Å². The van der Waals surface area contributed by atoms with E-state index < -0.39 is 0 Å². The van der Waals surface area contributed by atoms with Gasteiger partial charge in [0.1, 0.15) is 11.5 Å². The Morgan fingerprint density at radius 2 is 2.07 bits per heavy atom. The lowest BCUT2D eigenvalue weighted by molar-refractivity contribution is 0.0953. The molecule has 0 radical (unpaired) electrons. The first-order valence-electron chi connectivity index (χ1n) is 9.10. The second kappa shape index (κ2) is 8.35. The normalized spacial score (nSPS) is 11.1. The summed E-state index contributed by atoms with van der Waals surface area (Å²) in [5.41, 5.74) is 6.51. The number of pyridine rings is 1. The Hall–Kier alpha value is -4.00. The predicted octanol–water partition coefficient (Wildman–Crippen LogP) is 3.66. The van der Waals surface area contributed by atoms with Gasteiger partial charge in [-0.2, -0.15) is 10.2 Å². The van der Waals surface area contributed by atoms with Gasteiger partial charge < -0.3 is 4.42 Å². The lowest BCUT2D eigenvalue weighted by atomic mass is 10.1. The summed E-state index contributed by atoms with van der Waals surface area (Å²) >= 11 is 0. The molecule has 1 amide bonds. The number of carbonyl (C=O) groups excluding carboxylic acids is 1. The van der Waals surface area contributed by atoms with E-state index in [1.165, 1.54) is 6.26 Å². The molecule has 0 spiro atoms. The van der Waals surface area contributed by atoms with E-state index in [9.17, 15) is 4.79 Å². The zero-order valence-corrected chi connectivity index (χ0v) is 15.8. The van der Waals surface area contributed by atoms with Crippen LogP contribution < -0.4 is 5.43 Å². The number of hydrogen-bond donors (Lipinski definition) is 1. The minimum atomic E-state index is -0.327. The van der Waals surface area contributed by atoms with Crippen molar-refractivity contribution in [2.75, 3.05) is 0 Å². The molecular formula is C22H19N5O2. The standard InChI is InChI=1S/C22H19N5O2/c1-16-20(9-11-29-16)22(28)25-24-13-19-15-27(14-17-6-3-2-4-7-17)26-21(19)18-8-5-10-23-12-18/h2-13,15H,14H2,1H3,(H,25,28)/b24-13+. The first kappa shape index (κ1) is 18.4. The molecule has 3 heterocycles. The second-order valence-electron chi connectivity index (χ2n) is 6.45. The third-order valence-electron chi connectivity index (χ3n) is 4.39. The first-order valence-corrected chi connectivity index (χ1v) is 9.10. The Bertz CT molecular complexity index is 1130. The Kier molecular flexibility index (Phi) is 5.29. The summed E-state index contributed by atoms with van der Waals surface area (Å²) in [6.45, 7) is 2.36. The van der Waals surface area contributed by atoms with Crippen molar-refractivity contribution in [2.45, 2.75) is 13.5 Å². The Morgan fingerprint density at radius 1 is 1.21 bits per heavy atom. The summed E-state index contributed by atoms with van der Waals surface area (Å²) in [6.07, 6.45) is 8.42. The molecule has 0 atom stereocenters. The average molecular weight is 385 g/mol. The first-order chi connectivity index (χ1) is 14.2. The van der Waals surface area contributed by atoms with Gasteiger partial charge in [0.15, 0.2) is 0 Å². The van der Waals surface area contributed by atoms with Crippen molar-refractivity contribution in [2.24, 2.45) is 5.10 Å². The Balaban J connectivity index is 1.59. The van der Waals surface area contributed by atoms with Gasteiger partial charge in [-0.3, -0.25) is 14.5 Å². The van der Waals surface area contributed by atoms with Crippen molar-refractivity contribution in [1.82, 2.24) is 20.2 Å². The molecule has 144 valence electrons. The predicted molar refractivity (Wildman–Crippen MR) is 110 cm³/mol. The van der Waals surface area contributed by atoms with Gasteiger partial charge in [0.2, 0.25) is 0 Å². The molecule has 1 N–H and O–H groups in total. The lowest BCUT2D eigenvalue weighted by Crippen LogP contribution is -2.17. The van der Waals surface area contributed by atoms with E-state index in [1.54, 1.807) is 31.6 Å². The summed E-state index contributed by atoms with van der Waals surface area (Å²) in [4.78, 5) is 16.4. The summed E-state index contributed by atoms with van der Waals surface area (Å²) < 4.78 is 7.00. The molecule has 7 heteroatoms. The number of aryl methyl sites for hydroxylation is 1. The maximum atomic E-state index is 12.2. The van der Waals surface area contributed by atoms with E-state index in [1.807, 2.05) is 53.3 Å². The van der Waals surface area contributed by atoms with Gasteiger partial charge in [0.05, 0.1) is 24.6 Å². The van der Waals surface area contributed by atoms with Gasteiger partial charge >= 0.3 is 0 Å². The lowest BCUT2D eigenvalue weighted by Gasteiger charge is -2.01. The van der Waals surface area contributed by atoms with E-state index in [-0.39, 0.29) is 5.91 Å². The molecule has 1 aromatic carbocycles. The molecule has 0 fully saturated rings. The van der Waals surface area contributed by atoms with E-state index >= 15 is 0 Å². The molecule has 7 nitrogen and oxygen atoms in total. The molecule has 0 aliphatic rings. The van der Waals surface area contributed by atoms with E-state index in [2.05, 4.69) is 15.5 Å². The fourth-order valence-corrected chi connectivity index (χ4v) is 2.95. The number of nitrogens with zero attached hydrogens (tertiary/aromatic N) is 4. The third-order valence-corrected chi connectivity index (χ3v) is 4.39. The summed E-state index contributed by atoms with van der Waals surface area (Å²) in [7, 11) is 0. The van der Waals surface area contributed by atoms with Crippen LogP contribution in [0.1, 0.15) is 27.2 Å². The number of furan rings is 1. The summed E-state index contributed by atoms with van der Waals surface area (Å²) in [5, 5.41) is 8.80. The van der Waals surface area contributed by atoms with Crippen LogP contribution in [-0.2, 0) is 6.54 Å². The van der Waals surface area contributed by atoms with Gasteiger partial charge in [-0.05, 0) is 30.7 Å². The van der Waals surface area contributed by atoms with Crippen LogP contribution in [0.15, 0.2) is 82.9 Å². The molecule has 0 saturated heterocycles. The zero-order valence-electron chi connectivity index (χ0n) is 15.8. The molecule has 0 aliphatic heterocycles. The van der Waals surface area contributed by atoms with Crippen molar-refractivity contribution in [3.63, 3.8) is 0 Å². The molecular weight excluding hydrogens is 366 g/mol. The largest absolute Gasteiger partial charge is 0.469 e. The quantitative estimate of drug-likeness (QED) is 0.405. The van der Waals surface area contributed by atoms with E-state index in [0.717, 1.165) is 22.4 Å². The topological polar surface area (TPSA) is 85.3 Å². The second-order valence-corrected chi connectivity index (χ2v) is 6.45. The molecule has 29 heavy (non-hydrogen) atoms. The monoisotopic (exact) mass is 385 g/mol. The third kappa shape index (κ3) is 4.30. The average Bonchev–Trinajstić information content (AvgIpc) is 3.35. The highest BCUT2D eigenvalue weighted by Gasteiger charge is 2.12. The molecule has 4 aromatic rings. The highest BCUT2D eigenvalue weighted by atomic mass is 16.3. The summed E-state index contributed by atoms with van der Waals surface area (Å²) in [6, 6.07) is 15.5. The van der Waals surface area contributed by atoms with Crippen molar-refractivity contribution in [3.05, 3.63) is 95.8 Å². The van der Waals surface area contributed by atoms with Crippen LogP contribution in [-0.4, -0.2) is 26.9 Å². The molecule has 0 saturated carbocycles. The highest BCUT2D eigenvalue weighted by molar-refractivity contribution is 5.96. The van der Waals surface area contributed by atoms with Crippen LogP contribution >= 0.6 is 0 Å². The van der Waals surface area contributed by atoms with Crippen LogP contribution in [0.2, 0.25) is 0 Å². The van der Waals surface area contributed by atoms with Crippen LogP contribution in [0, 0.1) is 6.92 Å². The SMILES string of the molecule is Cc1occc1C(=O)N/N=C/c1cn(Cc2ccccc2)nc1-c1cccnc1. The highest BCUT2D eigenvalue weighted by Crippen LogP contribution is 2.20. The number of hydrogen-bond acceptors (Lipinski definition) is 5. The van der Waals surface area contributed by atoms with Crippen molar-refractivity contribution < 1.29 is 9.21 Å². The minimum absolute atomic E-state index is 0.327. The van der Waals surface area contributed by atoms with Crippen LogP contribution in [0.4, 0.5) is 0 Å². The van der Waals surface area contributed by atoms with Crippen molar-refractivity contribution in [3.8, 4) is 11.3 Å². The minimum Gasteiger partial charge on any atom is -0.469 e. The number of carbonyl (C=O) groups is 1. The molecule has 0 bridgehead atoms. The van der Waals surface area contributed by atoms with Crippen molar-refractivity contribution in [1.29, 1.82) is 0 Å². The summed E-state index contributed by atoms with van der Waals surface area (Å²) in [5.74, 6) is 0.219. The van der Waals surface area contributed by atoms with Gasteiger partial charge in [0.25, 0.3) is 5.91 Å². The van der Waals surface area contributed by atoms with E-state index in [4.69, 9.17) is 9.52 Å². The van der Waals surface area contributed by atoms with Gasteiger partial charge in [0, 0.05) is 29.7 Å². The van der Waals surface area contributed by atoms with Crippen LogP contribution in [0.3, 0.4) is 0 Å². The number of rotatable bonds is 6. The molecule has 4 rings (SSSR count). The molecule has 0 aliphatic carbocycles. The number of nitrogens with one attached hydrogen (secondary N) is 1. The number of aromatic nitrogens is 3. The fourth-order valence-electron chi connectivity index (χ4n) is 2.95. The van der Waals surface area contributed by atoms with Gasteiger partial charge in [-0.25, -0.2) is 5.43 Å². The number of amides is 1. The maximum absolute atomic E-state index is 12.2. The van der Waals surface area contributed by atoms with Crippen LogP contribution in [0.5, 0.6) is 0 Å². The van der Waals surface area contributed by atoms with Gasteiger partial charge in [-0.15, -0.1) is 0 Å². The number of benzene rings is 1. The molecule has 3 aromatic heterocycles. The Labute approximate surface area is 167 Å². The smallest absolute Gasteiger partial charge is 0.274 e. The Morgan fingerprint density at radius 3 is 2.79 bits per heavy atom. The fraction of sp³-hybridized carbons (Fsp3) is 0.0909. The van der Waals surface area contributed by atoms with Crippen LogP contribution in [0.25, 0.3) is 11.3 Å². The maximum Gasteiger partial charge on any atom is 0.274 e.